The Morgan fingerprint density at radius 3 is 1.90 bits per heavy atom. The fourth-order valence-electron chi connectivity index (χ4n) is 2.73. The summed E-state index contributed by atoms with van der Waals surface area (Å²) in [5.41, 5.74) is -0.618. The zero-order valence-corrected chi connectivity index (χ0v) is 17.4. The van der Waals surface area contributed by atoms with Gasteiger partial charge in [-0.15, -0.1) is 0 Å². The van der Waals surface area contributed by atoms with Gasteiger partial charge in [0.25, 0.3) is 11.4 Å². The zero-order chi connectivity index (χ0) is 22.8. The molecule has 0 aliphatic rings. The highest BCUT2D eigenvalue weighted by Gasteiger charge is 2.21. The maximum absolute atomic E-state index is 11.3. The number of carbonyl (C=O) groups excluding carboxylic acids is 1. The van der Waals surface area contributed by atoms with Crippen LogP contribution in [0.15, 0.2) is 35.3 Å². The summed E-state index contributed by atoms with van der Waals surface area (Å²) in [6.07, 6.45) is 11.8. The topological polar surface area (TPSA) is 146 Å². The van der Waals surface area contributed by atoms with Crippen LogP contribution in [0.25, 0.3) is 0 Å². The number of nitro groups is 3. The molecule has 10 heteroatoms. The molecule has 0 bridgehead atoms. The zero-order valence-electron chi connectivity index (χ0n) is 17.4. The van der Waals surface area contributed by atoms with Gasteiger partial charge in [0, 0.05) is 12.8 Å². The standard InChI is InChI=1S/C20H30N3O7/c1-2-3-8-12-18(21(25)26)14-11-15-20(23(29)30)17-19(22(27)28)13-9-6-4-5-7-10-16-24/h13-15H,2-12,17H2,1H3/b18-14+,19-13+,20-15+. The first-order valence-electron chi connectivity index (χ1n) is 10.2. The van der Waals surface area contributed by atoms with E-state index in [1.807, 2.05) is 6.92 Å². The summed E-state index contributed by atoms with van der Waals surface area (Å²) >= 11 is 0. The molecule has 0 fully saturated rings. The summed E-state index contributed by atoms with van der Waals surface area (Å²) in [5.74, 6) is 0. The van der Waals surface area contributed by atoms with Gasteiger partial charge in [0.15, 0.2) is 6.29 Å². The number of hydrogen-bond donors (Lipinski definition) is 0. The molecule has 167 valence electrons. The Morgan fingerprint density at radius 1 is 0.767 bits per heavy atom. The highest BCUT2D eigenvalue weighted by atomic mass is 16.6. The van der Waals surface area contributed by atoms with E-state index < -0.39 is 21.2 Å². The molecule has 0 aromatic rings. The number of nitrogens with zero attached hydrogens (tertiary/aromatic N) is 3. The minimum atomic E-state index is -0.690. The number of rotatable bonds is 18. The van der Waals surface area contributed by atoms with E-state index in [1.165, 1.54) is 18.2 Å². The Morgan fingerprint density at radius 2 is 1.33 bits per heavy atom. The van der Waals surface area contributed by atoms with Crippen molar-refractivity contribution < 1.29 is 19.6 Å². The van der Waals surface area contributed by atoms with E-state index in [-0.39, 0.29) is 29.9 Å². The van der Waals surface area contributed by atoms with Gasteiger partial charge in [-0.2, -0.15) is 0 Å². The van der Waals surface area contributed by atoms with Gasteiger partial charge in [0.05, 0.1) is 14.8 Å². The van der Waals surface area contributed by atoms with Gasteiger partial charge in [0.1, 0.15) is 6.42 Å². The van der Waals surface area contributed by atoms with Crippen molar-refractivity contribution in [1.29, 1.82) is 0 Å². The van der Waals surface area contributed by atoms with Crippen LogP contribution in [0.4, 0.5) is 0 Å². The van der Waals surface area contributed by atoms with Gasteiger partial charge in [-0.1, -0.05) is 32.6 Å². The van der Waals surface area contributed by atoms with Crippen molar-refractivity contribution in [2.45, 2.75) is 84.0 Å². The number of hydrogen-bond acceptors (Lipinski definition) is 7. The van der Waals surface area contributed by atoms with Crippen molar-refractivity contribution in [3.8, 4) is 0 Å². The molecule has 0 aliphatic heterocycles. The summed E-state index contributed by atoms with van der Waals surface area (Å²) in [6, 6.07) is 0. The van der Waals surface area contributed by atoms with E-state index in [0.717, 1.165) is 32.1 Å². The lowest BCUT2D eigenvalue weighted by Crippen LogP contribution is -2.06. The minimum Gasteiger partial charge on any atom is -0.291 e. The van der Waals surface area contributed by atoms with Crippen molar-refractivity contribution in [3.05, 3.63) is 65.7 Å². The molecule has 30 heavy (non-hydrogen) atoms. The fourth-order valence-corrected chi connectivity index (χ4v) is 2.73. The molecule has 0 aromatic heterocycles. The first-order valence-corrected chi connectivity index (χ1v) is 10.2. The van der Waals surface area contributed by atoms with Gasteiger partial charge in [-0.25, -0.2) is 0 Å². The summed E-state index contributed by atoms with van der Waals surface area (Å²) in [5, 5.41) is 33.5. The molecule has 10 nitrogen and oxygen atoms in total. The van der Waals surface area contributed by atoms with Gasteiger partial charge in [0.2, 0.25) is 5.70 Å². The number of allylic oxidation sites excluding steroid dienone is 4. The van der Waals surface area contributed by atoms with Crippen molar-refractivity contribution in [2.24, 2.45) is 0 Å². The summed E-state index contributed by atoms with van der Waals surface area (Å²) in [6.45, 7) is 1.98. The van der Waals surface area contributed by atoms with Crippen LogP contribution in [0, 0.1) is 30.3 Å². The molecule has 0 saturated carbocycles. The first kappa shape index (κ1) is 27.1. The normalized spacial score (nSPS) is 12.6. The monoisotopic (exact) mass is 424 g/mol. The van der Waals surface area contributed by atoms with E-state index >= 15 is 0 Å². The van der Waals surface area contributed by atoms with E-state index in [2.05, 4.69) is 0 Å². The first-order chi connectivity index (χ1) is 14.3. The fraction of sp³-hybridized carbons (Fsp3) is 0.650. The Kier molecular flexibility index (Phi) is 15.3. The second-order valence-electron chi connectivity index (χ2n) is 6.82. The van der Waals surface area contributed by atoms with Crippen LogP contribution in [0.2, 0.25) is 0 Å². The van der Waals surface area contributed by atoms with Crippen LogP contribution in [0.5, 0.6) is 0 Å². The summed E-state index contributed by atoms with van der Waals surface area (Å²) < 4.78 is 0. The molecule has 0 aromatic carbocycles. The second kappa shape index (κ2) is 17.0. The molecule has 0 spiro atoms. The lowest BCUT2D eigenvalue weighted by atomic mass is 10.1. The van der Waals surface area contributed by atoms with Crippen molar-refractivity contribution in [2.75, 3.05) is 0 Å². The average Bonchev–Trinajstić information content (AvgIpc) is 2.69. The predicted octanol–water partition coefficient (Wildman–Crippen LogP) is 5.28. The van der Waals surface area contributed by atoms with Gasteiger partial charge in [-0.3, -0.25) is 35.1 Å². The molecule has 0 aliphatic carbocycles. The molecule has 0 rings (SSSR count). The molecule has 0 unspecified atom stereocenters. The second-order valence-corrected chi connectivity index (χ2v) is 6.82. The number of unbranched alkanes of at least 4 members (excludes halogenated alkanes) is 7. The molecule has 1 radical (unpaired) electrons. The summed E-state index contributed by atoms with van der Waals surface area (Å²) in [4.78, 5) is 41.8. The molecule has 0 heterocycles. The van der Waals surface area contributed by atoms with Crippen molar-refractivity contribution >= 4 is 6.29 Å². The van der Waals surface area contributed by atoms with Crippen LogP contribution in [-0.4, -0.2) is 21.1 Å². The highest BCUT2D eigenvalue weighted by Crippen LogP contribution is 2.17. The third-order valence-corrected chi connectivity index (χ3v) is 4.42. The SMILES string of the molecule is CCCCC/C(=C\C/C=C(\C/C(=C\CCCCCC[C]=O)[N+](=O)[O-])[N+](=O)[O-])[N+](=O)[O-]. The predicted molar refractivity (Wildman–Crippen MR) is 112 cm³/mol. The van der Waals surface area contributed by atoms with E-state index in [4.69, 9.17) is 0 Å². The molecule has 0 atom stereocenters. The Bertz CT molecular complexity index is 669. The Balaban J connectivity index is 4.96. The molecule has 0 amide bonds. The maximum Gasteiger partial charge on any atom is 0.253 e. The third-order valence-electron chi connectivity index (χ3n) is 4.42. The van der Waals surface area contributed by atoms with Gasteiger partial charge < -0.3 is 0 Å². The molecule has 0 N–H and O–H groups in total. The van der Waals surface area contributed by atoms with Crippen LogP contribution in [-0.2, 0) is 4.79 Å². The Hall–Kier alpha value is -2.91. The summed E-state index contributed by atoms with van der Waals surface area (Å²) in [7, 11) is 0. The average molecular weight is 424 g/mol. The smallest absolute Gasteiger partial charge is 0.253 e. The van der Waals surface area contributed by atoms with Gasteiger partial charge >= 0.3 is 0 Å². The highest BCUT2D eigenvalue weighted by molar-refractivity contribution is 5.50. The van der Waals surface area contributed by atoms with E-state index in [1.54, 1.807) is 6.29 Å². The largest absolute Gasteiger partial charge is 0.291 e. The van der Waals surface area contributed by atoms with Crippen LogP contribution in [0.1, 0.15) is 84.0 Å². The van der Waals surface area contributed by atoms with Crippen LogP contribution in [0.3, 0.4) is 0 Å². The lowest BCUT2D eigenvalue weighted by molar-refractivity contribution is -0.450. The minimum absolute atomic E-state index is 0.000353. The lowest BCUT2D eigenvalue weighted by Gasteiger charge is -2.00. The maximum atomic E-state index is 11.3. The van der Waals surface area contributed by atoms with Crippen molar-refractivity contribution in [3.63, 3.8) is 0 Å². The Labute approximate surface area is 176 Å². The van der Waals surface area contributed by atoms with E-state index in [0.29, 0.717) is 25.7 Å². The molecular formula is C20H30N3O7. The van der Waals surface area contributed by atoms with Crippen molar-refractivity contribution in [1.82, 2.24) is 0 Å². The van der Waals surface area contributed by atoms with Crippen LogP contribution >= 0.6 is 0 Å². The third kappa shape index (κ3) is 13.3. The quantitative estimate of drug-likeness (QED) is 0.165. The molecule has 0 saturated heterocycles. The van der Waals surface area contributed by atoms with Gasteiger partial charge in [-0.05, 0) is 50.3 Å². The van der Waals surface area contributed by atoms with Crippen LogP contribution < -0.4 is 0 Å². The molecular weight excluding hydrogens is 394 g/mol. The van der Waals surface area contributed by atoms with E-state index in [9.17, 15) is 35.1 Å².